The highest BCUT2D eigenvalue weighted by Crippen LogP contribution is 2.39. The normalized spacial score (nSPS) is 10.9. The molecule has 0 aliphatic heterocycles. The smallest absolute Gasteiger partial charge is 0.446 e. The lowest BCUT2D eigenvalue weighted by molar-refractivity contribution is -0.0328. The number of esters is 1. The number of hydrogen-bond donors (Lipinski definition) is 0. The molecule has 0 atom stereocenters. The summed E-state index contributed by atoms with van der Waals surface area (Å²) in [5, 5.41) is 8.74. The third-order valence-electron chi connectivity index (χ3n) is 1.91. The standard InChI is InChI=1S/C11H7F4NO2S/c1-2-18-10(17)7-3-6(5-16)9(4-8(7)12)19-11(13,14)15/h3-4H,2H2,1H3. The maximum atomic E-state index is 13.5. The summed E-state index contributed by atoms with van der Waals surface area (Å²) >= 11 is -0.615. The van der Waals surface area contributed by atoms with Crippen molar-refractivity contribution in [2.45, 2.75) is 17.3 Å². The highest BCUT2D eigenvalue weighted by atomic mass is 32.2. The first-order chi connectivity index (χ1) is 8.78. The van der Waals surface area contributed by atoms with Crippen molar-refractivity contribution < 1.29 is 27.1 Å². The first kappa shape index (κ1) is 15.3. The van der Waals surface area contributed by atoms with Gasteiger partial charge >= 0.3 is 11.5 Å². The Balaban J connectivity index is 3.22. The Bertz CT molecular complexity index is 537. The van der Waals surface area contributed by atoms with Gasteiger partial charge in [0.2, 0.25) is 0 Å². The molecule has 0 bridgehead atoms. The Kier molecular flexibility index (Phi) is 4.78. The van der Waals surface area contributed by atoms with E-state index in [4.69, 9.17) is 5.26 Å². The van der Waals surface area contributed by atoms with E-state index in [0.29, 0.717) is 6.07 Å². The van der Waals surface area contributed by atoms with Gasteiger partial charge in [0.05, 0.1) is 17.7 Å². The summed E-state index contributed by atoms with van der Waals surface area (Å²) in [5.41, 5.74) is -5.65. The van der Waals surface area contributed by atoms with E-state index < -0.39 is 45.1 Å². The third-order valence-corrected chi connectivity index (χ3v) is 2.70. The number of carbonyl (C=O) groups excluding carboxylic acids is 1. The summed E-state index contributed by atoms with van der Waals surface area (Å²) in [6, 6.07) is 2.74. The van der Waals surface area contributed by atoms with Crippen molar-refractivity contribution in [2.24, 2.45) is 0 Å². The van der Waals surface area contributed by atoms with Gasteiger partial charge in [-0.15, -0.1) is 0 Å². The molecule has 0 unspecified atom stereocenters. The van der Waals surface area contributed by atoms with Crippen LogP contribution in [0.4, 0.5) is 17.6 Å². The first-order valence-electron chi connectivity index (χ1n) is 4.95. The van der Waals surface area contributed by atoms with Gasteiger partial charge in [-0.05, 0) is 30.8 Å². The molecule has 0 N–H and O–H groups in total. The van der Waals surface area contributed by atoms with Gasteiger partial charge in [-0.1, -0.05) is 0 Å². The van der Waals surface area contributed by atoms with Crippen molar-refractivity contribution in [2.75, 3.05) is 6.61 Å². The Morgan fingerprint density at radius 2 is 2.11 bits per heavy atom. The largest absolute Gasteiger partial charge is 0.462 e. The summed E-state index contributed by atoms with van der Waals surface area (Å²) in [5.74, 6) is -2.19. The molecule has 0 saturated carbocycles. The summed E-state index contributed by atoms with van der Waals surface area (Å²) in [6.07, 6.45) is 0. The molecule has 0 aliphatic carbocycles. The molecule has 1 rings (SSSR count). The lowest BCUT2D eigenvalue weighted by atomic mass is 10.1. The quantitative estimate of drug-likeness (QED) is 0.486. The van der Waals surface area contributed by atoms with Crippen molar-refractivity contribution >= 4 is 17.7 Å². The van der Waals surface area contributed by atoms with Crippen LogP contribution in [0.15, 0.2) is 17.0 Å². The minimum Gasteiger partial charge on any atom is -0.462 e. The second-order valence-electron chi connectivity index (χ2n) is 3.21. The first-order valence-corrected chi connectivity index (χ1v) is 5.76. The van der Waals surface area contributed by atoms with E-state index in [-0.39, 0.29) is 6.61 Å². The van der Waals surface area contributed by atoms with Gasteiger partial charge in [-0.3, -0.25) is 0 Å². The van der Waals surface area contributed by atoms with Crippen LogP contribution < -0.4 is 0 Å². The average Bonchev–Trinajstić information content (AvgIpc) is 2.27. The molecule has 102 valence electrons. The topological polar surface area (TPSA) is 50.1 Å². The van der Waals surface area contributed by atoms with Crippen molar-refractivity contribution in [3.8, 4) is 6.07 Å². The SMILES string of the molecule is CCOC(=O)c1cc(C#N)c(SC(F)(F)F)cc1F. The molecule has 1 aromatic carbocycles. The lowest BCUT2D eigenvalue weighted by Gasteiger charge is -2.09. The van der Waals surface area contributed by atoms with Crippen LogP contribution in [0, 0.1) is 17.1 Å². The van der Waals surface area contributed by atoms with E-state index in [1.807, 2.05) is 0 Å². The molecular weight excluding hydrogens is 286 g/mol. The second-order valence-corrected chi connectivity index (χ2v) is 4.32. The monoisotopic (exact) mass is 293 g/mol. The van der Waals surface area contributed by atoms with Crippen LogP contribution in [0.5, 0.6) is 0 Å². The van der Waals surface area contributed by atoms with Gasteiger partial charge in [-0.25, -0.2) is 9.18 Å². The van der Waals surface area contributed by atoms with Crippen LogP contribution >= 0.6 is 11.8 Å². The van der Waals surface area contributed by atoms with Crippen LogP contribution in [0.1, 0.15) is 22.8 Å². The highest BCUT2D eigenvalue weighted by molar-refractivity contribution is 8.00. The van der Waals surface area contributed by atoms with Crippen molar-refractivity contribution in [1.82, 2.24) is 0 Å². The molecule has 1 aromatic rings. The van der Waals surface area contributed by atoms with Crippen molar-refractivity contribution in [3.63, 3.8) is 0 Å². The van der Waals surface area contributed by atoms with E-state index in [9.17, 15) is 22.4 Å². The van der Waals surface area contributed by atoms with E-state index in [0.717, 1.165) is 6.07 Å². The van der Waals surface area contributed by atoms with E-state index >= 15 is 0 Å². The fourth-order valence-corrected chi connectivity index (χ4v) is 1.84. The fourth-order valence-electron chi connectivity index (χ4n) is 1.22. The lowest BCUT2D eigenvalue weighted by Crippen LogP contribution is -2.09. The Morgan fingerprint density at radius 3 is 2.58 bits per heavy atom. The summed E-state index contributed by atoms with van der Waals surface area (Å²) < 4.78 is 54.7. The maximum Gasteiger partial charge on any atom is 0.446 e. The minimum atomic E-state index is -4.65. The molecule has 8 heteroatoms. The fraction of sp³-hybridized carbons (Fsp3) is 0.273. The third kappa shape index (κ3) is 4.13. The van der Waals surface area contributed by atoms with Crippen molar-refractivity contribution in [3.05, 3.63) is 29.1 Å². The number of nitriles is 1. The predicted octanol–water partition coefficient (Wildman–Crippen LogP) is 3.49. The van der Waals surface area contributed by atoms with Crippen LogP contribution in [0.3, 0.4) is 0 Å². The summed E-state index contributed by atoms with van der Waals surface area (Å²) in [6.45, 7) is 1.48. The number of nitrogens with zero attached hydrogens (tertiary/aromatic N) is 1. The number of thioether (sulfide) groups is 1. The summed E-state index contributed by atoms with van der Waals surface area (Å²) in [7, 11) is 0. The number of benzene rings is 1. The number of ether oxygens (including phenoxy) is 1. The number of rotatable bonds is 3. The number of halogens is 4. The zero-order valence-corrected chi connectivity index (χ0v) is 10.4. The van der Waals surface area contributed by atoms with Crippen LogP contribution in [0.25, 0.3) is 0 Å². The molecule has 0 aliphatic rings. The molecule has 3 nitrogen and oxygen atoms in total. The van der Waals surface area contributed by atoms with Crippen molar-refractivity contribution in [1.29, 1.82) is 5.26 Å². The summed E-state index contributed by atoms with van der Waals surface area (Å²) in [4.78, 5) is 10.7. The van der Waals surface area contributed by atoms with Crippen LogP contribution in [-0.4, -0.2) is 18.1 Å². The van der Waals surface area contributed by atoms with E-state index in [1.54, 1.807) is 0 Å². The maximum absolute atomic E-state index is 13.5. The molecule has 0 saturated heterocycles. The van der Waals surface area contributed by atoms with Gasteiger partial charge in [0.1, 0.15) is 11.9 Å². The van der Waals surface area contributed by atoms with Crippen LogP contribution in [-0.2, 0) is 4.74 Å². The van der Waals surface area contributed by atoms with Gasteiger partial charge in [0.25, 0.3) is 0 Å². The molecule has 0 spiro atoms. The predicted molar refractivity (Wildman–Crippen MR) is 59.0 cm³/mol. The molecule has 0 aromatic heterocycles. The number of hydrogen-bond acceptors (Lipinski definition) is 4. The zero-order chi connectivity index (χ0) is 14.6. The van der Waals surface area contributed by atoms with Gasteiger partial charge in [0.15, 0.2) is 0 Å². The molecule has 0 radical (unpaired) electrons. The van der Waals surface area contributed by atoms with Gasteiger partial charge < -0.3 is 4.74 Å². The Morgan fingerprint density at radius 1 is 1.47 bits per heavy atom. The second kappa shape index (κ2) is 5.93. The number of alkyl halides is 3. The van der Waals surface area contributed by atoms with Gasteiger partial charge in [0, 0.05) is 4.90 Å². The molecule has 0 heterocycles. The van der Waals surface area contributed by atoms with E-state index in [2.05, 4.69) is 4.74 Å². The number of carbonyl (C=O) groups is 1. The molecule has 0 amide bonds. The molecule has 19 heavy (non-hydrogen) atoms. The minimum absolute atomic E-state index is 0.0147. The molecule has 0 fully saturated rings. The Labute approximate surface area is 110 Å². The highest BCUT2D eigenvalue weighted by Gasteiger charge is 2.31. The Hall–Kier alpha value is -1.75. The zero-order valence-electron chi connectivity index (χ0n) is 9.55. The average molecular weight is 293 g/mol. The molecular formula is C11H7F4NO2S. The van der Waals surface area contributed by atoms with Crippen LogP contribution in [0.2, 0.25) is 0 Å². The van der Waals surface area contributed by atoms with Gasteiger partial charge in [-0.2, -0.15) is 18.4 Å². The van der Waals surface area contributed by atoms with E-state index in [1.165, 1.54) is 13.0 Å².